The lowest BCUT2D eigenvalue weighted by Gasteiger charge is -2.17. The second-order valence-corrected chi connectivity index (χ2v) is 5.13. The van der Waals surface area contributed by atoms with Crippen LogP contribution in [0.15, 0.2) is 48.7 Å². The molecular weight excluding hydrogens is 248 g/mol. The van der Waals surface area contributed by atoms with Gasteiger partial charge in [0, 0.05) is 24.3 Å². The van der Waals surface area contributed by atoms with E-state index in [0.717, 1.165) is 18.0 Å². The normalized spacial score (nSPS) is 12.4. The van der Waals surface area contributed by atoms with Crippen LogP contribution < -0.4 is 10.1 Å². The predicted molar refractivity (Wildman–Crippen MR) is 81.7 cm³/mol. The zero-order valence-electron chi connectivity index (χ0n) is 12.3. The molecule has 20 heavy (non-hydrogen) atoms. The monoisotopic (exact) mass is 270 g/mol. The third-order valence-corrected chi connectivity index (χ3v) is 3.07. The van der Waals surface area contributed by atoms with E-state index in [1.54, 1.807) is 0 Å². The molecule has 1 N–H and O–H groups in total. The second kappa shape index (κ2) is 7.06. The van der Waals surface area contributed by atoms with E-state index in [1.165, 1.54) is 5.56 Å². The Labute approximate surface area is 121 Å². The minimum absolute atomic E-state index is 0.185. The molecule has 3 nitrogen and oxygen atoms in total. The Morgan fingerprint density at radius 2 is 1.80 bits per heavy atom. The van der Waals surface area contributed by atoms with Crippen LogP contribution in [0.2, 0.25) is 0 Å². The van der Waals surface area contributed by atoms with Gasteiger partial charge in [0.2, 0.25) is 0 Å². The second-order valence-electron chi connectivity index (χ2n) is 5.13. The maximum atomic E-state index is 5.83. The average Bonchev–Trinajstić information content (AvgIpc) is 2.46. The average molecular weight is 270 g/mol. The molecule has 0 radical (unpaired) electrons. The molecule has 1 atom stereocenters. The van der Waals surface area contributed by atoms with Crippen LogP contribution in [0.25, 0.3) is 0 Å². The van der Waals surface area contributed by atoms with Gasteiger partial charge in [0.05, 0.1) is 11.8 Å². The van der Waals surface area contributed by atoms with E-state index >= 15 is 0 Å². The molecular formula is C17H22N2O. The van der Waals surface area contributed by atoms with Gasteiger partial charge >= 0.3 is 0 Å². The van der Waals surface area contributed by atoms with Gasteiger partial charge in [-0.05, 0) is 39.0 Å². The van der Waals surface area contributed by atoms with Crippen molar-refractivity contribution in [3.8, 4) is 5.75 Å². The SMILES string of the molecule is CC(C)Oc1ccccc1CN[C@H](C)c1ccccn1. The van der Waals surface area contributed by atoms with Gasteiger partial charge in [0.25, 0.3) is 0 Å². The van der Waals surface area contributed by atoms with Crippen LogP contribution in [0.5, 0.6) is 5.75 Å². The number of nitrogens with zero attached hydrogens (tertiary/aromatic N) is 1. The Morgan fingerprint density at radius 3 is 2.50 bits per heavy atom. The highest BCUT2D eigenvalue weighted by molar-refractivity contribution is 5.33. The molecule has 106 valence electrons. The third kappa shape index (κ3) is 4.07. The Hall–Kier alpha value is -1.87. The molecule has 1 heterocycles. The van der Waals surface area contributed by atoms with Crippen LogP contribution >= 0.6 is 0 Å². The van der Waals surface area contributed by atoms with Crippen molar-refractivity contribution in [1.29, 1.82) is 0 Å². The summed E-state index contributed by atoms with van der Waals surface area (Å²) >= 11 is 0. The summed E-state index contributed by atoms with van der Waals surface area (Å²) in [7, 11) is 0. The standard InChI is InChI=1S/C17H22N2O/c1-13(2)20-17-10-5-4-8-15(17)12-19-14(3)16-9-6-7-11-18-16/h4-11,13-14,19H,12H2,1-3H3/t14-/m1/s1. The molecule has 0 saturated carbocycles. The molecule has 2 rings (SSSR count). The maximum Gasteiger partial charge on any atom is 0.124 e. The number of hydrogen-bond acceptors (Lipinski definition) is 3. The van der Waals surface area contributed by atoms with E-state index < -0.39 is 0 Å². The molecule has 0 spiro atoms. The van der Waals surface area contributed by atoms with E-state index in [1.807, 2.05) is 56.4 Å². The zero-order chi connectivity index (χ0) is 14.4. The Bertz CT molecular complexity index is 526. The van der Waals surface area contributed by atoms with Gasteiger partial charge in [0.1, 0.15) is 5.75 Å². The first-order chi connectivity index (χ1) is 9.66. The highest BCUT2D eigenvalue weighted by Gasteiger charge is 2.08. The quantitative estimate of drug-likeness (QED) is 0.868. The van der Waals surface area contributed by atoms with Crippen molar-refractivity contribution in [1.82, 2.24) is 10.3 Å². The van der Waals surface area contributed by atoms with E-state index in [-0.39, 0.29) is 12.1 Å². The van der Waals surface area contributed by atoms with E-state index in [9.17, 15) is 0 Å². The van der Waals surface area contributed by atoms with Crippen molar-refractivity contribution < 1.29 is 4.74 Å². The van der Waals surface area contributed by atoms with Crippen LogP contribution in [0.3, 0.4) is 0 Å². The minimum Gasteiger partial charge on any atom is -0.491 e. The van der Waals surface area contributed by atoms with Crippen molar-refractivity contribution in [2.45, 2.75) is 39.5 Å². The van der Waals surface area contributed by atoms with Crippen LogP contribution in [0.1, 0.15) is 38.1 Å². The van der Waals surface area contributed by atoms with Crippen LogP contribution in [0.4, 0.5) is 0 Å². The zero-order valence-corrected chi connectivity index (χ0v) is 12.3. The first-order valence-electron chi connectivity index (χ1n) is 7.05. The molecule has 1 aromatic heterocycles. The molecule has 0 unspecified atom stereocenters. The molecule has 0 aliphatic rings. The van der Waals surface area contributed by atoms with Gasteiger partial charge in [-0.1, -0.05) is 24.3 Å². The van der Waals surface area contributed by atoms with Gasteiger partial charge < -0.3 is 10.1 Å². The van der Waals surface area contributed by atoms with Gasteiger partial charge in [-0.15, -0.1) is 0 Å². The first-order valence-corrected chi connectivity index (χ1v) is 7.05. The molecule has 1 aromatic carbocycles. The summed E-state index contributed by atoms with van der Waals surface area (Å²) in [5.74, 6) is 0.947. The van der Waals surface area contributed by atoms with Crippen molar-refractivity contribution in [2.24, 2.45) is 0 Å². The number of pyridine rings is 1. The smallest absolute Gasteiger partial charge is 0.124 e. The summed E-state index contributed by atoms with van der Waals surface area (Å²) < 4.78 is 5.83. The van der Waals surface area contributed by atoms with Crippen molar-refractivity contribution >= 4 is 0 Å². The van der Waals surface area contributed by atoms with Gasteiger partial charge in [-0.2, -0.15) is 0 Å². The first kappa shape index (κ1) is 14.5. The highest BCUT2D eigenvalue weighted by Crippen LogP contribution is 2.20. The number of hydrogen-bond donors (Lipinski definition) is 1. The summed E-state index contributed by atoms with van der Waals surface area (Å²) in [5.41, 5.74) is 2.22. The van der Waals surface area contributed by atoms with E-state index in [2.05, 4.69) is 23.3 Å². The number of nitrogens with one attached hydrogen (secondary N) is 1. The molecule has 0 saturated heterocycles. The number of benzene rings is 1. The molecule has 0 fully saturated rings. The lowest BCUT2D eigenvalue weighted by molar-refractivity contribution is 0.239. The van der Waals surface area contributed by atoms with Crippen molar-refractivity contribution in [2.75, 3.05) is 0 Å². The van der Waals surface area contributed by atoms with Crippen LogP contribution in [-0.4, -0.2) is 11.1 Å². The minimum atomic E-state index is 0.185. The lowest BCUT2D eigenvalue weighted by atomic mass is 10.1. The largest absolute Gasteiger partial charge is 0.491 e. The summed E-state index contributed by atoms with van der Waals surface area (Å²) in [6.07, 6.45) is 2.01. The number of aromatic nitrogens is 1. The molecule has 0 amide bonds. The summed E-state index contributed by atoms with van der Waals surface area (Å²) in [6.45, 7) is 6.97. The Balaban J connectivity index is 2.00. The number of rotatable bonds is 6. The fraction of sp³-hybridized carbons (Fsp3) is 0.353. The van der Waals surface area contributed by atoms with Crippen LogP contribution in [-0.2, 0) is 6.54 Å². The summed E-state index contributed by atoms with van der Waals surface area (Å²) in [6, 6.07) is 14.3. The van der Waals surface area contributed by atoms with Crippen LogP contribution in [0, 0.1) is 0 Å². The summed E-state index contributed by atoms with van der Waals surface area (Å²) in [4.78, 5) is 4.37. The highest BCUT2D eigenvalue weighted by atomic mass is 16.5. The van der Waals surface area contributed by atoms with Gasteiger partial charge in [-0.3, -0.25) is 4.98 Å². The third-order valence-electron chi connectivity index (χ3n) is 3.07. The maximum absolute atomic E-state index is 5.83. The fourth-order valence-electron chi connectivity index (χ4n) is 2.02. The predicted octanol–water partition coefficient (Wildman–Crippen LogP) is 3.72. The topological polar surface area (TPSA) is 34.1 Å². The van der Waals surface area contributed by atoms with E-state index in [0.29, 0.717) is 0 Å². The van der Waals surface area contributed by atoms with Crippen molar-refractivity contribution in [3.63, 3.8) is 0 Å². The molecule has 0 bridgehead atoms. The fourth-order valence-corrected chi connectivity index (χ4v) is 2.02. The Morgan fingerprint density at radius 1 is 1.05 bits per heavy atom. The number of para-hydroxylation sites is 1. The summed E-state index contributed by atoms with van der Waals surface area (Å²) in [5, 5.41) is 3.49. The molecule has 0 aliphatic heterocycles. The van der Waals surface area contributed by atoms with Gasteiger partial charge in [0.15, 0.2) is 0 Å². The van der Waals surface area contributed by atoms with Gasteiger partial charge in [-0.25, -0.2) is 0 Å². The Kier molecular flexibility index (Phi) is 5.13. The molecule has 3 heteroatoms. The molecule has 2 aromatic rings. The molecule has 0 aliphatic carbocycles. The van der Waals surface area contributed by atoms with Crippen molar-refractivity contribution in [3.05, 3.63) is 59.9 Å². The number of ether oxygens (including phenoxy) is 1. The lowest BCUT2D eigenvalue weighted by Crippen LogP contribution is -2.20. The van der Waals surface area contributed by atoms with E-state index in [4.69, 9.17) is 4.74 Å².